The van der Waals surface area contributed by atoms with E-state index in [4.69, 9.17) is 11.5 Å². The van der Waals surface area contributed by atoms with Crippen LogP contribution in [0.4, 0.5) is 4.79 Å². The van der Waals surface area contributed by atoms with E-state index in [2.05, 4.69) is 25.8 Å². The van der Waals surface area contributed by atoms with Crippen LogP contribution in [0.1, 0.15) is 57.7 Å². The predicted molar refractivity (Wildman–Crippen MR) is 113 cm³/mol. The monoisotopic (exact) mass is 409 g/mol. The summed E-state index contributed by atoms with van der Waals surface area (Å²) in [7, 11) is 0. The van der Waals surface area contributed by atoms with Gasteiger partial charge in [-0.25, -0.2) is 9.78 Å². The molecular weight excluding hydrogens is 374 g/mol. The van der Waals surface area contributed by atoms with Crippen LogP contribution in [-0.4, -0.2) is 51.4 Å². The largest absolute Gasteiger partial charge is 0.368 e. The van der Waals surface area contributed by atoms with Crippen LogP contribution in [0.5, 0.6) is 0 Å². The van der Waals surface area contributed by atoms with Crippen molar-refractivity contribution in [3.05, 3.63) is 16.1 Å². The molecule has 8 heteroatoms. The van der Waals surface area contributed by atoms with Gasteiger partial charge in [0.15, 0.2) is 0 Å². The smallest absolute Gasteiger partial charge is 0.321 e. The summed E-state index contributed by atoms with van der Waals surface area (Å²) in [4.78, 5) is 33.3. The Kier molecular flexibility index (Phi) is 7.45. The van der Waals surface area contributed by atoms with Gasteiger partial charge in [0, 0.05) is 29.9 Å². The van der Waals surface area contributed by atoms with Gasteiger partial charge in [0.2, 0.25) is 5.91 Å². The summed E-state index contributed by atoms with van der Waals surface area (Å²) in [5.74, 6) is -0.314. The van der Waals surface area contributed by atoms with Gasteiger partial charge in [0.05, 0.1) is 17.2 Å². The number of carbonyl (C=O) groups is 2. The van der Waals surface area contributed by atoms with Crippen molar-refractivity contribution in [3.8, 4) is 0 Å². The molecule has 0 radical (unpaired) electrons. The van der Waals surface area contributed by atoms with Crippen LogP contribution < -0.4 is 11.5 Å². The third kappa shape index (κ3) is 5.03. The zero-order valence-corrected chi connectivity index (χ0v) is 18.6. The number of aromatic nitrogens is 1. The second-order valence-corrected chi connectivity index (χ2v) is 9.53. The molecule has 0 spiro atoms. The average Bonchev–Trinajstić information content (AvgIpc) is 3.14. The first-order valence-electron chi connectivity index (χ1n) is 10.1. The molecule has 0 saturated carbocycles. The van der Waals surface area contributed by atoms with Gasteiger partial charge in [-0.1, -0.05) is 34.1 Å². The molecule has 0 aromatic carbocycles. The zero-order chi connectivity index (χ0) is 21.1. The Morgan fingerprint density at radius 3 is 2.54 bits per heavy atom. The molecule has 7 nitrogen and oxygen atoms in total. The Bertz CT molecular complexity index is 692. The fourth-order valence-electron chi connectivity index (χ4n) is 4.41. The van der Waals surface area contributed by atoms with Gasteiger partial charge < -0.3 is 21.3 Å². The fraction of sp³-hybridized carbons (Fsp3) is 0.750. The van der Waals surface area contributed by atoms with Crippen molar-refractivity contribution in [2.75, 3.05) is 13.1 Å². The molecule has 3 atom stereocenters. The van der Waals surface area contributed by atoms with E-state index in [9.17, 15) is 9.59 Å². The van der Waals surface area contributed by atoms with Gasteiger partial charge in [0.1, 0.15) is 6.04 Å². The number of hydrogen-bond acceptors (Lipinski definition) is 5. The molecule has 2 heterocycles. The number of aryl methyl sites for hydroxylation is 1. The van der Waals surface area contributed by atoms with Crippen molar-refractivity contribution < 1.29 is 9.59 Å². The van der Waals surface area contributed by atoms with E-state index in [1.807, 2.05) is 19.2 Å². The number of thiazole rings is 1. The summed E-state index contributed by atoms with van der Waals surface area (Å²) in [6.07, 6.45) is 2.50. The minimum Gasteiger partial charge on any atom is -0.368 e. The van der Waals surface area contributed by atoms with Crippen LogP contribution in [0.25, 0.3) is 0 Å². The van der Waals surface area contributed by atoms with E-state index in [0.717, 1.165) is 30.0 Å². The lowest BCUT2D eigenvalue weighted by Gasteiger charge is -2.42. The zero-order valence-electron chi connectivity index (χ0n) is 17.8. The molecule has 1 aromatic rings. The summed E-state index contributed by atoms with van der Waals surface area (Å²) in [5, 5.41) is 2.94. The summed E-state index contributed by atoms with van der Waals surface area (Å²) >= 11 is 1.57. The molecule has 0 bridgehead atoms. The highest BCUT2D eigenvalue weighted by molar-refractivity contribution is 7.09. The van der Waals surface area contributed by atoms with E-state index < -0.39 is 17.5 Å². The molecule has 3 amide bonds. The number of amides is 3. The highest BCUT2D eigenvalue weighted by Crippen LogP contribution is 2.33. The van der Waals surface area contributed by atoms with Gasteiger partial charge in [-0.05, 0) is 25.7 Å². The molecule has 3 unspecified atom stereocenters. The molecule has 1 aromatic heterocycles. The van der Waals surface area contributed by atoms with Gasteiger partial charge in [0.25, 0.3) is 0 Å². The van der Waals surface area contributed by atoms with Crippen LogP contribution in [0.15, 0.2) is 5.38 Å². The van der Waals surface area contributed by atoms with E-state index >= 15 is 0 Å². The van der Waals surface area contributed by atoms with Crippen LogP contribution in [0.3, 0.4) is 0 Å². The highest BCUT2D eigenvalue weighted by atomic mass is 32.1. The molecule has 1 fully saturated rings. The Labute approximate surface area is 172 Å². The third-order valence-electron chi connectivity index (χ3n) is 5.66. The Morgan fingerprint density at radius 1 is 1.36 bits per heavy atom. The Balaban J connectivity index is 2.20. The SMILES string of the molecule is CCCC(N)(CC(C)C)C(C)C(C(N)=O)N1CCN(Cc2csc(C)n2)C1=O. The molecule has 158 valence electrons. The minimum atomic E-state index is -0.704. The second kappa shape index (κ2) is 9.22. The first-order chi connectivity index (χ1) is 13.1. The summed E-state index contributed by atoms with van der Waals surface area (Å²) in [5.41, 5.74) is 12.9. The summed E-state index contributed by atoms with van der Waals surface area (Å²) in [6, 6.07) is -0.866. The number of urea groups is 1. The maximum absolute atomic E-state index is 13.1. The predicted octanol–water partition coefficient (Wildman–Crippen LogP) is 2.72. The van der Waals surface area contributed by atoms with E-state index in [-0.39, 0.29) is 11.9 Å². The molecule has 4 N–H and O–H groups in total. The van der Waals surface area contributed by atoms with Crippen molar-refractivity contribution >= 4 is 23.3 Å². The Morgan fingerprint density at radius 2 is 2.04 bits per heavy atom. The lowest BCUT2D eigenvalue weighted by Crippen LogP contribution is -2.60. The maximum atomic E-state index is 13.1. The highest BCUT2D eigenvalue weighted by Gasteiger charge is 2.45. The molecular formula is C20H35N5O2S. The van der Waals surface area contributed by atoms with Gasteiger partial charge >= 0.3 is 6.03 Å². The molecule has 0 aliphatic carbocycles. The summed E-state index contributed by atoms with van der Waals surface area (Å²) in [6.45, 7) is 11.7. The molecule has 1 aliphatic rings. The van der Waals surface area contributed by atoms with E-state index in [0.29, 0.717) is 25.6 Å². The van der Waals surface area contributed by atoms with E-state index in [1.54, 1.807) is 21.1 Å². The van der Waals surface area contributed by atoms with Gasteiger partial charge in [-0.3, -0.25) is 4.79 Å². The van der Waals surface area contributed by atoms with E-state index in [1.165, 1.54) is 0 Å². The van der Waals surface area contributed by atoms with Crippen molar-refractivity contribution in [1.29, 1.82) is 0 Å². The standard InChI is InChI=1S/C20H35N5O2S/c1-6-7-20(22,10-13(2)3)14(4)17(18(21)26)25-9-8-24(19(25)27)11-16-12-28-15(5)23-16/h12-14,17H,6-11,22H2,1-5H3,(H2,21,26). The van der Waals surface area contributed by atoms with Crippen LogP contribution in [0.2, 0.25) is 0 Å². The quantitative estimate of drug-likeness (QED) is 0.620. The third-order valence-corrected chi connectivity index (χ3v) is 6.48. The van der Waals surface area contributed by atoms with Crippen molar-refractivity contribution in [2.24, 2.45) is 23.3 Å². The number of nitrogens with zero attached hydrogens (tertiary/aromatic N) is 3. The first kappa shape index (κ1) is 22.6. The lowest BCUT2D eigenvalue weighted by molar-refractivity contribution is -0.124. The lowest BCUT2D eigenvalue weighted by atomic mass is 9.72. The van der Waals surface area contributed by atoms with Gasteiger partial charge in [-0.2, -0.15) is 0 Å². The molecule has 2 rings (SSSR count). The average molecular weight is 410 g/mol. The maximum Gasteiger partial charge on any atom is 0.321 e. The van der Waals surface area contributed by atoms with Crippen molar-refractivity contribution in [2.45, 2.75) is 72.0 Å². The van der Waals surface area contributed by atoms with Crippen LogP contribution in [0, 0.1) is 18.8 Å². The van der Waals surface area contributed by atoms with Gasteiger partial charge in [-0.15, -0.1) is 11.3 Å². The summed E-state index contributed by atoms with van der Waals surface area (Å²) < 4.78 is 0. The van der Waals surface area contributed by atoms with Crippen LogP contribution in [-0.2, 0) is 11.3 Å². The second-order valence-electron chi connectivity index (χ2n) is 8.47. The molecule has 1 saturated heterocycles. The number of primary amides is 1. The molecule has 1 aliphatic heterocycles. The number of hydrogen-bond donors (Lipinski definition) is 2. The fourth-order valence-corrected chi connectivity index (χ4v) is 5.01. The Hall–Kier alpha value is -1.67. The number of nitrogens with two attached hydrogens (primary N) is 2. The van der Waals surface area contributed by atoms with Crippen LogP contribution >= 0.6 is 11.3 Å². The number of rotatable bonds is 10. The minimum absolute atomic E-state index is 0.162. The van der Waals surface area contributed by atoms with Crippen molar-refractivity contribution in [1.82, 2.24) is 14.8 Å². The first-order valence-corrected chi connectivity index (χ1v) is 11.0. The number of carbonyl (C=O) groups excluding carboxylic acids is 2. The normalized spacial score (nSPS) is 19.2. The molecule has 28 heavy (non-hydrogen) atoms. The topological polar surface area (TPSA) is 106 Å². The van der Waals surface area contributed by atoms with Crippen molar-refractivity contribution in [3.63, 3.8) is 0 Å².